The van der Waals surface area contributed by atoms with Crippen molar-refractivity contribution in [3.8, 4) is 0 Å². The standard InChI is InChI=1S/C15H21N3S/c1-2-5-15-14(4-1)17-12-18(15)8-3-7-16-10-13-6-9-19-11-13/h1-2,4-5,12-13,16H,3,6-11H2. The van der Waals surface area contributed by atoms with Gasteiger partial charge in [0.05, 0.1) is 17.4 Å². The average molecular weight is 275 g/mol. The van der Waals surface area contributed by atoms with Crippen LogP contribution in [0.1, 0.15) is 12.8 Å². The van der Waals surface area contributed by atoms with Crippen LogP contribution in [0.2, 0.25) is 0 Å². The number of benzene rings is 1. The van der Waals surface area contributed by atoms with E-state index in [0.717, 1.165) is 24.5 Å². The van der Waals surface area contributed by atoms with Gasteiger partial charge in [-0.05, 0) is 55.5 Å². The van der Waals surface area contributed by atoms with Gasteiger partial charge in [-0.3, -0.25) is 0 Å². The number of nitrogens with one attached hydrogen (secondary N) is 1. The number of aromatic nitrogens is 2. The van der Waals surface area contributed by atoms with Crippen molar-refractivity contribution in [2.75, 3.05) is 24.6 Å². The lowest BCUT2D eigenvalue weighted by Gasteiger charge is -2.10. The Morgan fingerprint density at radius 1 is 1.37 bits per heavy atom. The number of fused-ring (bicyclic) bond motifs is 1. The van der Waals surface area contributed by atoms with Crippen molar-refractivity contribution in [3.63, 3.8) is 0 Å². The summed E-state index contributed by atoms with van der Waals surface area (Å²) in [5, 5.41) is 3.59. The number of aryl methyl sites for hydroxylation is 1. The fraction of sp³-hybridized carbons (Fsp3) is 0.533. The van der Waals surface area contributed by atoms with E-state index in [1.807, 2.05) is 12.4 Å². The van der Waals surface area contributed by atoms with E-state index < -0.39 is 0 Å². The number of para-hydroxylation sites is 2. The Balaban J connectivity index is 1.42. The maximum atomic E-state index is 4.42. The number of nitrogens with zero attached hydrogens (tertiary/aromatic N) is 2. The van der Waals surface area contributed by atoms with Gasteiger partial charge in [-0.1, -0.05) is 12.1 Å². The van der Waals surface area contributed by atoms with Crippen molar-refractivity contribution in [2.45, 2.75) is 19.4 Å². The fourth-order valence-corrected chi connectivity index (χ4v) is 3.90. The Kier molecular flexibility index (Phi) is 4.41. The normalized spacial score (nSPS) is 19.3. The van der Waals surface area contributed by atoms with Crippen molar-refractivity contribution in [1.29, 1.82) is 0 Å². The van der Waals surface area contributed by atoms with Gasteiger partial charge in [0, 0.05) is 6.54 Å². The molecule has 1 saturated heterocycles. The summed E-state index contributed by atoms with van der Waals surface area (Å²) >= 11 is 2.09. The van der Waals surface area contributed by atoms with Gasteiger partial charge >= 0.3 is 0 Å². The first-order valence-corrected chi connectivity index (χ1v) is 8.27. The van der Waals surface area contributed by atoms with Crippen LogP contribution in [0.5, 0.6) is 0 Å². The van der Waals surface area contributed by atoms with Crippen LogP contribution in [0.25, 0.3) is 11.0 Å². The second kappa shape index (κ2) is 6.44. The molecule has 0 saturated carbocycles. The highest BCUT2D eigenvalue weighted by Gasteiger charge is 2.14. The van der Waals surface area contributed by atoms with Gasteiger partial charge < -0.3 is 9.88 Å². The molecule has 1 aromatic heterocycles. The van der Waals surface area contributed by atoms with Crippen LogP contribution >= 0.6 is 11.8 Å². The molecule has 1 aromatic carbocycles. The van der Waals surface area contributed by atoms with E-state index in [1.54, 1.807) is 0 Å². The van der Waals surface area contributed by atoms with Crippen molar-refractivity contribution >= 4 is 22.8 Å². The van der Waals surface area contributed by atoms with Gasteiger partial charge in [0.1, 0.15) is 0 Å². The molecule has 3 nitrogen and oxygen atoms in total. The third kappa shape index (κ3) is 3.31. The van der Waals surface area contributed by atoms with Gasteiger partial charge in [-0.15, -0.1) is 0 Å². The van der Waals surface area contributed by atoms with Crippen molar-refractivity contribution < 1.29 is 0 Å². The number of hydrogen-bond donors (Lipinski definition) is 1. The van der Waals surface area contributed by atoms with Crippen molar-refractivity contribution in [3.05, 3.63) is 30.6 Å². The zero-order chi connectivity index (χ0) is 12.9. The summed E-state index contributed by atoms with van der Waals surface area (Å²) in [4.78, 5) is 4.42. The van der Waals surface area contributed by atoms with Gasteiger partial charge in [0.25, 0.3) is 0 Å². The van der Waals surface area contributed by atoms with E-state index in [9.17, 15) is 0 Å². The van der Waals surface area contributed by atoms with Gasteiger partial charge in [0.15, 0.2) is 0 Å². The lowest BCUT2D eigenvalue weighted by atomic mass is 10.1. The van der Waals surface area contributed by atoms with E-state index in [1.165, 1.54) is 36.4 Å². The summed E-state index contributed by atoms with van der Waals surface area (Å²) in [6.45, 7) is 3.35. The third-order valence-electron chi connectivity index (χ3n) is 3.74. The Morgan fingerprint density at radius 2 is 2.32 bits per heavy atom. The molecule has 19 heavy (non-hydrogen) atoms. The van der Waals surface area contributed by atoms with Gasteiger partial charge in [0.2, 0.25) is 0 Å². The maximum absolute atomic E-state index is 4.42. The number of hydrogen-bond acceptors (Lipinski definition) is 3. The second-order valence-corrected chi connectivity index (χ2v) is 6.36. The van der Waals surface area contributed by atoms with E-state index in [2.05, 4.69) is 44.8 Å². The summed E-state index contributed by atoms with van der Waals surface area (Å²) in [5.41, 5.74) is 2.34. The molecule has 0 radical (unpaired) electrons. The average Bonchev–Trinajstić information content (AvgIpc) is 3.08. The minimum atomic E-state index is 0.902. The van der Waals surface area contributed by atoms with Crippen LogP contribution in [0.15, 0.2) is 30.6 Å². The first kappa shape index (κ1) is 13.0. The molecule has 0 bridgehead atoms. The monoisotopic (exact) mass is 275 g/mol. The molecule has 1 unspecified atom stereocenters. The van der Waals surface area contributed by atoms with E-state index in [0.29, 0.717) is 0 Å². The summed E-state index contributed by atoms with van der Waals surface area (Å²) in [6, 6.07) is 8.34. The molecule has 4 heteroatoms. The second-order valence-electron chi connectivity index (χ2n) is 5.21. The third-order valence-corrected chi connectivity index (χ3v) is 4.97. The molecular formula is C15H21N3S. The first-order valence-electron chi connectivity index (χ1n) is 7.12. The van der Waals surface area contributed by atoms with E-state index in [4.69, 9.17) is 0 Å². The topological polar surface area (TPSA) is 29.9 Å². The molecule has 102 valence electrons. The molecule has 1 aliphatic heterocycles. The zero-order valence-corrected chi connectivity index (χ0v) is 12.0. The van der Waals surface area contributed by atoms with Crippen LogP contribution in [0, 0.1) is 5.92 Å². The lowest BCUT2D eigenvalue weighted by molar-refractivity contribution is 0.504. The Labute approximate surface area is 118 Å². The summed E-state index contributed by atoms with van der Waals surface area (Å²) < 4.78 is 2.25. The van der Waals surface area contributed by atoms with Crippen LogP contribution in [-0.2, 0) is 6.54 Å². The molecular weight excluding hydrogens is 254 g/mol. The summed E-state index contributed by atoms with van der Waals surface area (Å²) in [6.07, 6.45) is 4.52. The fourth-order valence-electron chi connectivity index (χ4n) is 2.61. The minimum Gasteiger partial charge on any atom is -0.331 e. The Bertz CT molecular complexity index is 517. The SMILES string of the molecule is c1ccc2c(c1)ncn2CCCNCC1CCSC1. The first-order chi connectivity index (χ1) is 9.43. The quantitative estimate of drug-likeness (QED) is 0.822. The molecule has 0 spiro atoms. The maximum Gasteiger partial charge on any atom is 0.0958 e. The Hall–Kier alpha value is -1.000. The molecule has 2 aromatic rings. The number of rotatable bonds is 6. The molecule has 1 atom stereocenters. The minimum absolute atomic E-state index is 0.902. The summed E-state index contributed by atoms with van der Waals surface area (Å²) in [5.74, 6) is 3.60. The van der Waals surface area contributed by atoms with Crippen LogP contribution < -0.4 is 5.32 Å². The smallest absolute Gasteiger partial charge is 0.0958 e. The molecule has 0 aliphatic carbocycles. The van der Waals surface area contributed by atoms with E-state index >= 15 is 0 Å². The highest BCUT2D eigenvalue weighted by molar-refractivity contribution is 7.99. The number of thioether (sulfide) groups is 1. The Morgan fingerprint density at radius 3 is 3.21 bits per heavy atom. The van der Waals surface area contributed by atoms with Crippen LogP contribution in [0.3, 0.4) is 0 Å². The van der Waals surface area contributed by atoms with Crippen molar-refractivity contribution in [2.24, 2.45) is 5.92 Å². The highest BCUT2D eigenvalue weighted by Crippen LogP contribution is 2.22. The molecule has 1 fully saturated rings. The lowest BCUT2D eigenvalue weighted by Crippen LogP contribution is -2.24. The highest BCUT2D eigenvalue weighted by atomic mass is 32.2. The van der Waals surface area contributed by atoms with Gasteiger partial charge in [-0.2, -0.15) is 11.8 Å². The van der Waals surface area contributed by atoms with Crippen molar-refractivity contribution in [1.82, 2.24) is 14.9 Å². The molecule has 1 N–H and O–H groups in total. The molecule has 2 heterocycles. The van der Waals surface area contributed by atoms with Crippen LogP contribution in [-0.4, -0.2) is 34.1 Å². The van der Waals surface area contributed by atoms with Gasteiger partial charge in [-0.25, -0.2) is 4.98 Å². The molecule has 1 aliphatic rings. The largest absolute Gasteiger partial charge is 0.331 e. The predicted molar refractivity (Wildman–Crippen MR) is 82.7 cm³/mol. The summed E-state index contributed by atoms with van der Waals surface area (Å²) in [7, 11) is 0. The molecule has 3 rings (SSSR count). The van der Waals surface area contributed by atoms with Crippen LogP contribution in [0.4, 0.5) is 0 Å². The number of imidazole rings is 1. The molecule has 0 amide bonds. The zero-order valence-electron chi connectivity index (χ0n) is 11.2. The van der Waals surface area contributed by atoms with E-state index in [-0.39, 0.29) is 0 Å². The predicted octanol–water partition coefficient (Wildman–Crippen LogP) is 2.77.